The van der Waals surface area contributed by atoms with E-state index < -0.39 is 23.4 Å². The number of anilines is 2. The Morgan fingerprint density at radius 3 is 2.43 bits per heavy atom. The van der Waals surface area contributed by atoms with Crippen LogP contribution in [0.15, 0.2) is 59.7 Å². The number of hydrogen-bond donors (Lipinski definition) is 2. The molecule has 188 valence electrons. The first kappa shape index (κ1) is 25.7. The lowest BCUT2D eigenvalue weighted by molar-refractivity contribution is -0.137. The van der Waals surface area contributed by atoms with Gasteiger partial charge in [0.15, 0.2) is 0 Å². The Labute approximate surface area is 213 Å². The number of nitrogens with zero attached hydrogens (tertiary/aromatic N) is 3. The molecule has 2 aromatic heterocycles. The number of aryl methyl sites for hydroxylation is 1. The maximum Gasteiger partial charge on any atom is 0.416 e. The monoisotopic (exact) mass is 523 g/mol. The Morgan fingerprint density at radius 1 is 1.11 bits per heavy atom. The van der Waals surface area contributed by atoms with E-state index in [1.54, 1.807) is 24.4 Å². The summed E-state index contributed by atoms with van der Waals surface area (Å²) in [4.78, 5) is 38.7. The lowest BCUT2D eigenvalue weighted by atomic mass is 9.93. The van der Waals surface area contributed by atoms with Crippen molar-refractivity contribution in [3.8, 4) is 0 Å². The van der Waals surface area contributed by atoms with Crippen LogP contribution in [0, 0.1) is 6.92 Å². The first-order valence-electron chi connectivity index (χ1n) is 10.8. The minimum Gasteiger partial charge on any atom is -0.382 e. The molecule has 0 aliphatic heterocycles. The lowest BCUT2D eigenvalue weighted by Gasteiger charge is -2.17. The summed E-state index contributed by atoms with van der Waals surface area (Å²) in [5, 5.41) is 4.50. The fourth-order valence-electron chi connectivity index (χ4n) is 3.82. The van der Waals surface area contributed by atoms with Crippen LogP contribution in [-0.4, -0.2) is 34.4 Å². The van der Waals surface area contributed by atoms with E-state index in [9.17, 15) is 22.8 Å². The highest BCUT2D eigenvalue weighted by Gasteiger charge is 2.30. The molecule has 37 heavy (non-hydrogen) atoms. The fourth-order valence-corrected chi connectivity index (χ4v) is 4.72. The zero-order valence-electron chi connectivity index (χ0n) is 19.7. The number of carbonyl (C=O) groups is 2. The molecule has 2 heterocycles. The number of nitrogen functional groups attached to an aromatic ring is 1. The highest BCUT2D eigenvalue weighted by molar-refractivity contribution is 7.18. The van der Waals surface area contributed by atoms with Gasteiger partial charge in [0.25, 0.3) is 5.91 Å². The van der Waals surface area contributed by atoms with Crippen molar-refractivity contribution in [2.45, 2.75) is 13.1 Å². The van der Waals surface area contributed by atoms with Crippen LogP contribution < -0.4 is 11.1 Å². The molecule has 0 radical (unpaired) electrons. The highest BCUT2D eigenvalue weighted by atomic mass is 32.1. The second-order valence-electron chi connectivity index (χ2n) is 7.94. The molecule has 0 unspecified atom stereocenters. The van der Waals surface area contributed by atoms with E-state index in [4.69, 9.17) is 5.73 Å². The average Bonchev–Trinajstić information content (AvgIpc) is 3.31. The average molecular weight is 524 g/mol. The fraction of sp³-hybridized carbons (Fsp3) is 0.115. The number of aliphatic imine (C=N–C) groups is 1. The van der Waals surface area contributed by atoms with Crippen molar-refractivity contribution in [1.82, 2.24) is 9.97 Å². The second-order valence-corrected chi connectivity index (χ2v) is 8.82. The molecule has 2 aromatic carbocycles. The molecule has 1 amide bonds. The van der Waals surface area contributed by atoms with Gasteiger partial charge in [-0.2, -0.15) is 13.2 Å². The molecule has 0 spiro atoms. The zero-order valence-corrected chi connectivity index (χ0v) is 20.5. The summed E-state index contributed by atoms with van der Waals surface area (Å²) in [6, 6.07) is 7.26. The molecule has 4 rings (SSSR count). The Kier molecular flexibility index (Phi) is 6.90. The van der Waals surface area contributed by atoms with Crippen molar-refractivity contribution in [3.63, 3.8) is 0 Å². The van der Waals surface area contributed by atoms with Gasteiger partial charge in [-0.25, -0.2) is 9.97 Å². The number of alkyl halides is 3. The number of aromatic nitrogens is 2. The summed E-state index contributed by atoms with van der Waals surface area (Å²) in [6.07, 6.45) is -1.76. The lowest BCUT2D eigenvalue weighted by Crippen LogP contribution is -2.20. The van der Waals surface area contributed by atoms with E-state index in [0.717, 1.165) is 24.3 Å². The second kappa shape index (κ2) is 9.94. The number of nitrogens with one attached hydrogen (secondary N) is 1. The van der Waals surface area contributed by atoms with E-state index in [-0.39, 0.29) is 17.1 Å². The molecule has 0 saturated carbocycles. The summed E-state index contributed by atoms with van der Waals surface area (Å²) in [5.41, 5.74) is 7.68. The van der Waals surface area contributed by atoms with Crippen LogP contribution in [0.25, 0.3) is 16.3 Å². The maximum atomic E-state index is 13.2. The number of amides is 1. The van der Waals surface area contributed by atoms with Crippen molar-refractivity contribution in [1.29, 1.82) is 0 Å². The third-order valence-electron chi connectivity index (χ3n) is 5.69. The number of fused-ring (bicyclic) bond motifs is 1. The van der Waals surface area contributed by atoms with Crippen molar-refractivity contribution >= 4 is 56.5 Å². The number of nitrogens with two attached hydrogens (primary N) is 1. The largest absolute Gasteiger partial charge is 0.416 e. The first-order chi connectivity index (χ1) is 17.6. The summed E-state index contributed by atoms with van der Waals surface area (Å²) < 4.78 is 39.4. The van der Waals surface area contributed by atoms with Crippen LogP contribution in [0.5, 0.6) is 0 Å². The molecule has 0 aliphatic rings. The number of halogens is 3. The number of benzene rings is 2. The van der Waals surface area contributed by atoms with Gasteiger partial charge in [0.2, 0.25) is 5.78 Å². The number of ketones is 1. The third kappa shape index (κ3) is 4.85. The minimum absolute atomic E-state index is 0.00616. The Balaban J connectivity index is 1.72. The Bertz CT molecular complexity index is 1570. The summed E-state index contributed by atoms with van der Waals surface area (Å²) >= 11 is 1.24. The van der Waals surface area contributed by atoms with E-state index in [1.165, 1.54) is 30.8 Å². The third-order valence-corrected chi connectivity index (χ3v) is 6.68. The van der Waals surface area contributed by atoms with Gasteiger partial charge in [0.05, 0.1) is 27.0 Å². The van der Waals surface area contributed by atoms with Crippen LogP contribution >= 0.6 is 11.3 Å². The molecule has 4 aromatic rings. The summed E-state index contributed by atoms with van der Waals surface area (Å²) in [7, 11) is 1.41. The van der Waals surface area contributed by atoms with Crippen LogP contribution in [0.4, 0.5) is 24.7 Å². The highest BCUT2D eigenvalue weighted by Crippen LogP contribution is 2.32. The van der Waals surface area contributed by atoms with Gasteiger partial charge in [0.1, 0.15) is 17.9 Å². The first-order valence-corrected chi connectivity index (χ1v) is 11.7. The van der Waals surface area contributed by atoms with Gasteiger partial charge in [-0.1, -0.05) is 36.9 Å². The number of Topliss-reactive ketones (excluding diaryl/α,β-unsaturated/α-hetero) is 1. The number of rotatable bonds is 6. The summed E-state index contributed by atoms with van der Waals surface area (Å²) in [5.74, 6) is -0.752. The molecule has 7 nitrogen and oxygen atoms in total. The van der Waals surface area contributed by atoms with Crippen molar-refractivity contribution in [2.75, 3.05) is 18.1 Å². The van der Waals surface area contributed by atoms with Crippen LogP contribution in [0.3, 0.4) is 0 Å². The maximum absolute atomic E-state index is 13.2. The van der Waals surface area contributed by atoms with Gasteiger partial charge < -0.3 is 11.1 Å². The molecule has 0 saturated heterocycles. The molecule has 0 atom stereocenters. The van der Waals surface area contributed by atoms with E-state index >= 15 is 0 Å². The molecule has 11 heteroatoms. The van der Waals surface area contributed by atoms with Crippen LogP contribution in [-0.2, 0) is 6.18 Å². The van der Waals surface area contributed by atoms with Crippen LogP contribution in [0.2, 0.25) is 0 Å². The van der Waals surface area contributed by atoms with Crippen molar-refractivity contribution in [3.05, 3.63) is 88.1 Å². The zero-order chi connectivity index (χ0) is 26.9. The SMILES string of the molecule is C=Cc1c(C(=NC)C(=O)c2ccc(C(F)(F)F)cc2)ccc(C)c1NC(=O)c1csc2c(N)ncnc12. The topological polar surface area (TPSA) is 110 Å². The van der Waals surface area contributed by atoms with Gasteiger partial charge in [-0.15, -0.1) is 11.3 Å². The van der Waals surface area contributed by atoms with Gasteiger partial charge in [0, 0.05) is 29.1 Å². The Morgan fingerprint density at radius 2 is 1.81 bits per heavy atom. The number of carbonyl (C=O) groups excluding carboxylic acids is 2. The molecule has 3 N–H and O–H groups in total. The van der Waals surface area contributed by atoms with Crippen molar-refractivity contribution in [2.24, 2.45) is 4.99 Å². The number of hydrogen-bond acceptors (Lipinski definition) is 7. The number of thiophene rings is 1. The predicted octanol–water partition coefficient (Wildman–Crippen LogP) is 5.80. The van der Waals surface area contributed by atoms with Gasteiger partial charge in [-0.05, 0) is 24.6 Å². The van der Waals surface area contributed by atoms with Gasteiger partial charge >= 0.3 is 6.18 Å². The molecular formula is C26H20F3N5O2S. The Hall–Kier alpha value is -4.38. The molecule has 0 fully saturated rings. The molecule has 0 aliphatic carbocycles. The summed E-state index contributed by atoms with van der Waals surface area (Å²) in [6.45, 7) is 5.61. The quantitative estimate of drug-likeness (QED) is 0.245. The van der Waals surface area contributed by atoms with Gasteiger partial charge in [-0.3, -0.25) is 14.6 Å². The molecule has 0 bridgehead atoms. The van der Waals surface area contributed by atoms with E-state index in [0.29, 0.717) is 38.2 Å². The minimum atomic E-state index is -4.52. The smallest absolute Gasteiger partial charge is 0.382 e. The standard InChI is InChI=1S/C26H20F3N5O2S/c1-4-16-17(20(31-3)22(35)14-6-8-15(9-7-14)26(27,28)29)10-5-13(2)19(16)34-25(36)18-11-37-23-21(18)32-12-33-24(23)30/h4-12H,1H2,2-3H3,(H,34,36)(H2,30,32,33). The molecular weight excluding hydrogens is 503 g/mol. The van der Waals surface area contributed by atoms with E-state index in [1.807, 2.05) is 0 Å². The predicted molar refractivity (Wildman–Crippen MR) is 139 cm³/mol. The normalized spacial score (nSPS) is 12.0. The van der Waals surface area contributed by atoms with Crippen LogP contribution in [0.1, 0.15) is 43.0 Å². The van der Waals surface area contributed by atoms with Crippen molar-refractivity contribution < 1.29 is 22.8 Å². The van der Waals surface area contributed by atoms with E-state index in [2.05, 4.69) is 26.9 Å².